The first-order valence-corrected chi connectivity index (χ1v) is 7.48. The zero-order chi connectivity index (χ0) is 18.1. The number of pyridine rings is 1. The molecule has 1 aromatic heterocycles. The summed E-state index contributed by atoms with van der Waals surface area (Å²) in [6.45, 7) is 6.74. The number of halogens is 3. The highest BCUT2D eigenvalue weighted by Gasteiger charge is 2.26. The normalized spacial score (nSPS) is 11.6. The second kappa shape index (κ2) is 6.73. The van der Waals surface area contributed by atoms with E-state index in [1.165, 1.54) is 13.0 Å². The summed E-state index contributed by atoms with van der Waals surface area (Å²) in [4.78, 5) is 15.1. The highest BCUT2D eigenvalue weighted by atomic mass is 19.1. The molecule has 128 valence electrons. The number of Topliss-reactive ketones (excluding diaryl/α,β-unsaturated/α-hetero) is 1. The molecule has 0 unspecified atom stereocenters. The Morgan fingerprint density at radius 3 is 2.21 bits per heavy atom. The Morgan fingerprint density at radius 1 is 1.12 bits per heavy atom. The molecule has 0 saturated heterocycles. The lowest BCUT2D eigenvalue weighted by Gasteiger charge is -2.25. The van der Waals surface area contributed by atoms with Crippen LogP contribution >= 0.6 is 0 Å². The molecule has 2 rings (SSSR count). The van der Waals surface area contributed by atoms with Crippen molar-refractivity contribution >= 4 is 5.78 Å². The van der Waals surface area contributed by atoms with Crippen LogP contribution in [0.15, 0.2) is 24.3 Å². The molecule has 0 aliphatic rings. The number of benzene rings is 1. The zero-order valence-corrected chi connectivity index (χ0v) is 13.9. The molecule has 0 spiro atoms. The predicted molar refractivity (Wildman–Crippen MR) is 84.2 cm³/mol. The molecule has 6 heteroatoms. The SMILES string of the molecule is CCOC(C)(C)c1cc(F)c(-c2nc(C(C)=O)ccc2F)c(F)c1. The maximum absolute atomic E-state index is 14.5. The summed E-state index contributed by atoms with van der Waals surface area (Å²) < 4.78 is 48.5. The van der Waals surface area contributed by atoms with Crippen molar-refractivity contribution in [1.82, 2.24) is 4.98 Å². The fraction of sp³-hybridized carbons (Fsp3) is 0.333. The van der Waals surface area contributed by atoms with Gasteiger partial charge >= 0.3 is 0 Å². The molecule has 1 heterocycles. The highest BCUT2D eigenvalue weighted by molar-refractivity contribution is 5.92. The quantitative estimate of drug-likeness (QED) is 0.746. The molecule has 2 aromatic rings. The van der Waals surface area contributed by atoms with Crippen molar-refractivity contribution < 1.29 is 22.7 Å². The standard InChI is InChI=1S/C18H18F3NO2/c1-5-24-18(3,4)11-8-13(20)16(14(21)9-11)17-12(19)6-7-15(22-17)10(2)23/h6-9H,5H2,1-4H3. The number of hydrogen-bond acceptors (Lipinski definition) is 3. The summed E-state index contributed by atoms with van der Waals surface area (Å²) >= 11 is 0. The van der Waals surface area contributed by atoms with Crippen molar-refractivity contribution in [1.29, 1.82) is 0 Å². The molecule has 0 saturated carbocycles. The van der Waals surface area contributed by atoms with Gasteiger partial charge in [0, 0.05) is 13.5 Å². The average Bonchev–Trinajstić information content (AvgIpc) is 2.48. The molecule has 0 radical (unpaired) electrons. The molecule has 0 fully saturated rings. The minimum Gasteiger partial charge on any atom is -0.371 e. The van der Waals surface area contributed by atoms with Crippen LogP contribution in [-0.2, 0) is 10.3 Å². The molecule has 0 bridgehead atoms. The van der Waals surface area contributed by atoms with Gasteiger partial charge in [0.05, 0.1) is 11.2 Å². The number of nitrogens with zero attached hydrogens (tertiary/aromatic N) is 1. The van der Waals surface area contributed by atoms with Crippen molar-refractivity contribution in [3.8, 4) is 11.3 Å². The number of ether oxygens (including phenoxy) is 1. The second-order valence-corrected chi connectivity index (χ2v) is 5.84. The first-order chi connectivity index (χ1) is 11.2. The summed E-state index contributed by atoms with van der Waals surface area (Å²) in [5, 5.41) is 0. The Labute approximate surface area is 138 Å². The Kier molecular flexibility index (Phi) is 5.08. The topological polar surface area (TPSA) is 39.2 Å². The van der Waals surface area contributed by atoms with E-state index in [4.69, 9.17) is 4.74 Å². The monoisotopic (exact) mass is 337 g/mol. The first-order valence-electron chi connectivity index (χ1n) is 7.48. The van der Waals surface area contributed by atoms with Gasteiger partial charge in [-0.05, 0) is 50.6 Å². The van der Waals surface area contributed by atoms with Crippen molar-refractivity contribution in [2.24, 2.45) is 0 Å². The van der Waals surface area contributed by atoms with E-state index in [9.17, 15) is 18.0 Å². The molecule has 0 aliphatic heterocycles. The average molecular weight is 337 g/mol. The minimum atomic E-state index is -0.968. The Bertz CT molecular complexity index is 765. The highest BCUT2D eigenvalue weighted by Crippen LogP contribution is 2.33. The molecule has 0 N–H and O–H groups in total. The van der Waals surface area contributed by atoms with Crippen LogP contribution in [0.2, 0.25) is 0 Å². The van der Waals surface area contributed by atoms with E-state index in [-0.39, 0.29) is 11.3 Å². The van der Waals surface area contributed by atoms with Crippen molar-refractivity contribution in [2.45, 2.75) is 33.3 Å². The molecule has 0 aliphatic carbocycles. The zero-order valence-electron chi connectivity index (χ0n) is 13.9. The summed E-state index contributed by atoms with van der Waals surface area (Å²) in [6.07, 6.45) is 0. The number of hydrogen-bond donors (Lipinski definition) is 0. The van der Waals surface area contributed by atoms with Gasteiger partial charge in [0.1, 0.15) is 28.8 Å². The van der Waals surface area contributed by atoms with Gasteiger partial charge in [-0.15, -0.1) is 0 Å². The number of rotatable bonds is 5. The molecule has 1 aromatic carbocycles. The summed E-state index contributed by atoms with van der Waals surface area (Å²) in [5.74, 6) is -3.27. The molecule has 24 heavy (non-hydrogen) atoms. The molecular weight excluding hydrogens is 319 g/mol. The van der Waals surface area contributed by atoms with E-state index in [2.05, 4.69) is 4.98 Å². The summed E-state index contributed by atoms with van der Waals surface area (Å²) in [5.41, 5.74) is -1.82. The van der Waals surface area contributed by atoms with Crippen LogP contribution in [0.1, 0.15) is 43.7 Å². The van der Waals surface area contributed by atoms with E-state index in [1.807, 2.05) is 0 Å². The Hall–Kier alpha value is -2.21. The van der Waals surface area contributed by atoms with E-state index in [0.717, 1.165) is 18.2 Å². The lowest BCUT2D eigenvalue weighted by Crippen LogP contribution is -2.22. The van der Waals surface area contributed by atoms with E-state index in [0.29, 0.717) is 6.61 Å². The minimum absolute atomic E-state index is 0.0658. The fourth-order valence-corrected chi connectivity index (χ4v) is 2.40. The first kappa shape index (κ1) is 18.1. The maximum atomic E-state index is 14.5. The number of ketones is 1. The summed E-state index contributed by atoms with van der Waals surface area (Å²) in [6, 6.07) is 4.32. The van der Waals surface area contributed by atoms with Gasteiger partial charge in [0.15, 0.2) is 5.78 Å². The Morgan fingerprint density at radius 2 is 1.71 bits per heavy atom. The molecule has 3 nitrogen and oxygen atoms in total. The maximum Gasteiger partial charge on any atom is 0.178 e. The number of carbonyl (C=O) groups is 1. The van der Waals surface area contributed by atoms with E-state index in [1.54, 1.807) is 20.8 Å². The third kappa shape index (κ3) is 3.48. The van der Waals surface area contributed by atoms with Crippen LogP contribution in [0.25, 0.3) is 11.3 Å². The van der Waals surface area contributed by atoms with Crippen LogP contribution in [0.4, 0.5) is 13.2 Å². The second-order valence-electron chi connectivity index (χ2n) is 5.84. The molecule has 0 atom stereocenters. The molecular formula is C18H18F3NO2. The van der Waals surface area contributed by atoms with E-state index >= 15 is 0 Å². The molecule has 0 amide bonds. The van der Waals surface area contributed by atoms with Crippen LogP contribution in [0.5, 0.6) is 0 Å². The van der Waals surface area contributed by atoms with Gasteiger partial charge in [0.2, 0.25) is 0 Å². The van der Waals surface area contributed by atoms with Gasteiger partial charge in [0.25, 0.3) is 0 Å². The van der Waals surface area contributed by atoms with Crippen LogP contribution in [0, 0.1) is 17.5 Å². The smallest absolute Gasteiger partial charge is 0.178 e. The van der Waals surface area contributed by atoms with Gasteiger partial charge in [-0.25, -0.2) is 18.2 Å². The van der Waals surface area contributed by atoms with Gasteiger partial charge in [-0.3, -0.25) is 4.79 Å². The van der Waals surface area contributed by atoms with Gasteiger partial charge in [-0.2, -0.15) is 0 Å². The van der Waals surface area contributed by atoms with Crippen LogP contribution in [0.3, 0.4) is 0 Å². The summed E-state index contributed by atoms with van der Waals surface area (Å²) in [7, 11) is 0. The predicted octanol–water partition coefficient (Wildman–Crippen LogP) is 4.64. The third-order valence-corrected chi connectivity index (χ3v) is 3.69. The van der Waals surface area contributed by atoms with Crippen LogP contribution in [-0.4, -0.2) is 17.4 Å². The Balaban J connectivity index is 2.62. The number of carbonyl (C=O) groups excluding carboxylic acids is 1. The lowest BCUT2D eigenvalue weighted by molar-refractivity contribution is -0.0144. The van der Waals surface area contributed by atoms with Crippen molar-refractivity contribution in [3.05, 3.63) is 53.0 Å². The third-order valence-electron chi connectivity index (χ3n) is 3.69. The fourth-order valence-electron chi connectivity index (χ4n) is 2.40. The van der Waals surface area contributed by atoms with Gasteiger partial charge < -0.3 is 4.74 Å². The van der Waals surface area contributed by atoms with Crippen molar-refractivity contribution in [2.75, 3.05) is 6.61 Å². The van der Waals surface area contributed by atoms with Crippen LogP contribution < -0.4 is 0 Å². The lowest BCUT2D eigenvalue weighted by atomic mass is 9.95. The number of aromatic nitrogens is 1. The van der Waals surface area contributed by atoms with E-state index < -0.39 is 40.1 Å². The van der Waals surface area contributed by atoms with Gasteiger partial charge in [-0.1, -0.05) is 0 Å². The largest absolute Gasteiger partial charge is 0.371 e. The van der Waals surface area contributed by atoms with Crippen molar-refractivity contribution in [3.63, 3.8) is 0 Å².